The van der Waals surface area contributed by atoms with Gasteiger partial charge in [-0.2, -0.15) is 0 Å². The third kappa shape index (κ3) is 4.37. The number of hydrogen-bond donors (Lipinski definition) is 4. The number of hydrogen-bond acceptors (Lipinski definition) is 4. The van der Waals surface area contributed by atoms with Gasteiger partial charge in [-0.15, -0.1) is 0 Å². The zero-order chi connectivity index (χ0) is 11.1. The highest BCUT2D eigenvalue weighted by molar-refractivity contribution is 4.86. The minimum absolute atomic E-state index is 0.0534. The van der Waals surface area contributed by atoms with E-state index in [0.29, 0.717) is 6.54 Å². The van der Waals surface area contributed by atoms with Crippen LogP contribution in [-0.2, 0) is 0 Å². The van der Waals surface area contributed by atoms with E-state index in [0.717, 1.165) is 19.3 Å². The Morgan fingerprint density at radius 1 is 1.07 bits per heavy atom. The van der Waals surface area contributed by atoms with Crippen molar-refractivity contribution in [2.75, 3.05) is 6.54 Å². The van der Waals surface area contributed by atoms with Gasteiger partial charge >= 0.3 is 0 Å². The molecule has 0 heterocycles. The average Bonchev–Trinajstić information content (AvgIpc) is 2.14. The first-order valence-corrected chi connectivity index (χ1v) is 5.51. The van der Waals surface area contributed by atoms with Gasteiger partial charge in [0.25, 0.3) is 0 Å². The first kappa shape index (κ1) is 13.8. The highest BCUT2D eigenvalue weighted by Crippen LogP contribution is 2.16. The fourth-order valence-electron chi connectivity index (χ4n) is 1.92. The van der Waals surface area contributed by atoms with Gasteiger partial charge in [0.15, 0.2) is 0 Å². The van der Waals surface area contributed by atoms with Crippen LogP contribution in [0.1, 0.15) is 33.1 Å². The van der Waals surface area contributed by atoms with Crippen molar-refractivity contribution >= 4 is 0 Å². The van der Waals surface area contributed by atoms with Crippen LogP contribution in [0.15, 0.2) is 0 Å². The van der Waals surface area contributed by atoms with Crippen molar-refractivity contribution in [1.29, 1.82) is 0 Å². The van der Waals surface area contributed by atoms with E-state index in [2.05, 4.69) is 6.92 Å². The molecular formula is C10H26N4. The van der Waals surface area contributed by atoms with Crippen molar-refractivity contribution in [1.82, 2.24) is 0 Å². The van der Waals surface area contributed by atoms with Crippen LogP contribution in [0.3, 0.4) is 0 Å². The Kier molecular flexibility index (Phi) is 7.09. The van der Waals surface area contributed by atoms with Crippen molar-refractivity contribution in [3.8, 4) is 0 Å². The maximum absolute atomic E-state index is 6.07. The zero-order valence-corrected chi connectivity index (χ0v) is 9.45. The standard InChI is InChI=1S/C10H26N4/c1-3-8(13)10(7(2)12)9(14)5-4-6-11/h7-10H,3-6,11-14H2,1-2H3. The molecule has 0 aromatic carbocycles. The number of rotatable bonds is 7. The molecular weight excluding hydrogens is 176 g/mol. The second kappa shape index (κ2) is 7.17. The fraction of sp³-hybridized carbons (Fsp3) is 1.00. The molecule has 0 spiro atoms. The molecule has 8 N–H and O–H groups in total. The van der Waals surface area contributed by atoms with E-state index in [-0.39, 0.29) is 24.0 Å². The summed E-state index contributed by atoms with van der Waals surface area (Å²) in [6.07, 6.45) is 2.78. The molecule has 0 saturated carbocycles. The van der Waals surface area contributed by atoms with E-state index in [4.69, 9.17) is 22.9 Å². The summed E-state index contributed by atoms with van der Waals surface area (Å²) in [4.78, 5) is 0. The topological polar surface area (TPSA) is 104 Å². The summed E-state index contributed by atoms with van der Waals surface area (Å²) in [6.45, 7) is 4.72. The molecule has 0 bridgehead atoms. The third-order valence-electron chi connectivity index (χ3n) is 2.81. The zero-order valence-electron chi connectivity index (χ0n) is 9.45. The van der Waals surface area contributed by atoms with Gasteiger partial charge in [-0.05, 0) is 32.7 Å². The Morgan fingerprint density at radius 2 is 1.64 bits per heavy atom. The molecule has 4 atom stereocenters. The molecule has 14 heavy (non-hydrogen) atoms. The molecule has 0 rings (SSSR count). The van der Waals surface area contributed by atoms with Crippen LogP contribution in [0.2, 0.25) is 0 Å². The molecule has 4 heteroatoms. The van der Waals surface area contributed by atoms with Crippen LogP contribution in [0, 0.1) is 5.92 Å². The maximum Gasteiger partial charge on any atom is 0.00971 e. The third-order valence-corrected chi connectivity index (χ3v) is 2.81. The second-order valence-corrected chi connectivity index (χ2v) is 4.10. The maximum atomic E-state index is 6.07. The van der Waals surface area contributed by atoms with Crippen molar-refractivity contribution in [2.24, 2.45) is 28.9 Å². The van der Waals surface area contributed by atoms with Crippen molar-refractivity contribution in [3.63, 3.8) is 0 Å². The lowest BCUT2D eigenvalue weighted by Crippen LogP contribution is -2.50. The summed E-state index contributed by atoms with van der Waals surface area (Å²) in [5.41, 5.74) is 23.4. The average molecular weight is 202 g/mol. The molecule has 4 unspecified atom stereocenters. The van der Waals surface area contributed by atoms with Crippen LogP contribution < -0.4 is 22.9 Å². The van der Waals surface area contributed by atoms with Crippen LogP contribution >= 0.6 is 0 Å². The molecule has 0 fully saturated rings. The molecule has 0 aliphatic rings. The van der Waals surface area contributed by atoms with Gasteiger partial charge < -0.3 is 22.9 Å². The van der Waals surface area contributed by atoms with E-state index in [1.54, 1.807) is 0 Å². The smallest absolute Gasteiger partial charge is 0.00971 e. The highest BCUT2D eigenvalue weighted by atomic mass is 14.8. The van der Waals surface area contributed by atoms with E-state index in [1.165, 1.54) is 0 Å². The highest BCUT2D eigenvalue weighted by Gasteiger charge is 2.26. The lowest BCUT2D eigenvalue weighted by molar-refractivity contribution is 0.285. The minimum atomic E-state index is 0.0534. The predicted octanol–water partition coefficient (Wildman–Crippen LogP) is -0.247. The first-order valence-electron chi connectivity index (χ1n) is 5.51. The van der Waals surface area contributed by atoms with Gasteiger partial charge in [-0.25, -0.2) is 0 Å². The molecule has 0 amide bonds. The summed E-state index contributed by atoms with van der Waals surface area (Å²) in [5, 5.41) is 0. The largest absolute Gasteiger partial charge is 0.330 e. The molecule has 0 aromatic rings. The molecule has 86 valence electrons. The summed E-state index contributed by atoms with van der Waals surface area (Å²) in [5.74, 6) is 0.201. The summed E-state index contributed by atoms with van der Waals surface area (Å²) in [7, 11) is 0. The van der Waals surface area contributed by atoms with Crippen LogP contribution in [-0.4, -0.2) is 24.7 Å². The van der Waals surface area contributed by atoms with Crippen LogP contribution in [0.4, 0.5) is 0 Å². The van der Waals surface area contributed by atoms with Gasteiger partial charge in [0.05, 0.1) is 0 Å². The SMILES string of the molecule is CCC(N)C(C(C)N)C(N)CCCN. The summed E-state index contributed by atoms with van der Waals surface area (Å²) < 4.78 is 0. The Labute approximate surface area is 87.4 Å². The Hall–Kier alpha value is -0.160. The van der Waals surface area contributed by atoms with E-state index < -0.39 is 0 Å². The van der Waals surface area contributed by atoms with E-state index in [9.17, 15) is 0 Å². The lowest BCUT2D eigenvalue weighted by Gasteiger charge is -2.31. The van der Waals surface area contributed by atoms with Gasteiger partial charge in [0.2, 0.25) is 0 Å². The van der Waals surface area contributed by atoms with Crippen molar-refractivity contribution < 1.29 is 0 Å². The van der Waals surface area contributed by atoms with Crippen molar-refractivity contribution in [2.45, 2.75) is 51.2 Å². The fourth-order valence-corrected chi connectivity index (χ4v) is 1.92. The first-order chi connectivity index (χ1) is 6.54. The minimum Gasteiger partial charge on any atom is -0.330 e. The van der Waals surface area contributed by atoms with Crippen LogP contribution in [0.25, 0.3) is 0 Å². The Bertz CT molecular complexity index is 138. The normalized spacial score (nSPS) is 20.1. The predicted molar refractivity (Wildman–Crippen MR) is 61.7 cm³/mol. The summed E-state index contributed by atoms with van der Waals surface area (Å²) in [6, 6.07) is 0.231. The quantitative estimate of drug-likeness (QED) is 0.457. The van der Waals surface area contributed by atoms with Gasteiger partial charge in [-0.3, -0.25) is 0 Å². The molecule has 0 radical (unpaired) electrons. The summed E-state index contributed by atoms with van der Waals surface area (Å²) >= 11 is 0. The lowest BCUT2D eigenvalue weighted by atomic mass is 9.83. The van der Waals surface area contributed by atoms with Gasteiger partial charge in [-0.1, -0.05) is 6.92 Å². The Morgan fingerprint density at radius 3 is 2.00 bits per heavy atom. The van der Waals surface area contributed by atoms with Crippen molar-refractivity contribution in [3.05, 3.63) is 0 Å². The number of nitrogens with two attached hydrogens (primary N) is 4. The second-order valence-electron chi connectivity index (χ2n) is 4.10. The van der Waals surface area contributed by atoms with E-state index in [1.807, 2.05) is 6.92 Å². The molecule has 0 aliphatic heterocycles. The van der Waals surface area contributed by atoms with Crippen LogP contribution in [0.5, 0.6) is 0 Å². The molecule has 4 nitrogen and oxygen atoms in total. The molecule has 0 aromatic heterocycles. The van der Waals surface area contributed by atoms with E-state index >= 15 is 0 Å². The molecule has 0 aliphatic carbocycles. The van der Waals surface area contributed by atoms with Gasteiger partial charge in [0, 0.05) is 24.0 Å². The Balaban J connectivity index is 4.18. The van der Waals surface area contributed by atoms with Gasteiger partial charge in [0.1, 0.15) is 0 Å². The monoisotopic (exact) mass is 202 g/mol. The molecule has 0 saturated heterocycles.